The Hall–Kier alpha value is -3.73. The smallest absolute Gasteiger partial charge is 0.335 e. The third-order valence-electron chi connectivity index (χ3n) is 4.51. The van der Waals surface area contributed by atoms with Gasteiger partial charge in [-0.2, -0.15) is 4.52 Å². The Balaban J connectivity index is 1.99. The molecule has 0 saturated carbocycles. The fraction of sp³-hybridized carbons (Fsp3) is 0.111. The molecule has 0 aliphatic rings. The number of methoxy groups -OCH3 is 1. The summed E-state index contributed by atoms with van der Waals surface area (Å²) < 4.78 is 32.7. The standard InChI is InChI=1S/C18H14N4O6S/c1-9-7-10(18(24)25)3-6-14(9)29(26,27)17-15-19-16(23)12-5-4-11(28-2)8-13(12)22(15)21-20-17/h3-8H,1-2H3,(H,19,23)(H,24,25). The van der Waals surface area contributed by atoms with Gasteiger partial charge in [-0.05, 0) is 42.8 Å². The molecular formula is C18H14N4O6S. The van der Waals surface area contributed by atoms with Crippen LogP contribution < -0.4 is 10.3 Å². The number of aryl methyl sites for hydroxylation is 1. The van der Waals surface area contributed by atoms with Gasteiger partial charge in [0.2, 0.25) is 14.9 Å². The molecule has 11 heteroatoms. The van der Waals surface area contributed by atoms with Crippen LogP contribution in [0.25, 0.3) is 16.6 Å². The first kappa shape index (κ1) is 18.6. The summed E-state index contributed by atoms with van der Waals surface area (Å²) >= 11 is 0. The van der Waals surface area contributed by atoms with Gasteiger partial charge in [0, 0.05) is 6.07 Å². The number of H-pyrrole nitrogens is 1. The minimum absolute atomic E-state index is 0.0410. The molecule has 4 rings (SSSR count). The molecule has 0 aliphatic carbocycles. The number of sulfone groups is 1. The van der Waals surface area contributed by atoms with Crippen LogP contribution in [0, 0.1) is 6.92 Å². The van der Waals surface area contributed by atoms with Crippen LogP contribution in [-0.4, -0.2) is 46.4 Å². The lowest BCUT2D eigenvalue weighted by Crippen LogP contribution is -2.12. The number of aromatic nitrogens is 4. The summed E-state index contributed by atoms with van der Waals surface area (Å²) in [5.74, 6) is -0.708. The number of carboxylic acid groups (broad SMARTS) is 1. The van der Waals surface area contributed by atoms with Crippen LogP contribution in [0.3, 0.4) is 0 Å². The topological polar surface area (TPSA) is 144 Å². The Morgan fingerprint density at radius 3 is 2.62 bits per heavy atom. The Morgan fingerprint density at radius 1 is 1.21 bits per heavy atom. The van der Waals surface area contributed by atoms with E-state index in [1.165, 1.54) is 42.8 Å². The van der Waals surface area contributed by atoms with E-state index in [2.05, 4.69) is 15.3 Å². The molecule has 0 radical (unpaired) electrons. The quantitative estimate of drug-likeness (QED) is 0.510. The maximum Gasteiger partial charge on any atom is 0.335 e. The fourth-order valence-electron chi connectivity index (χ4n) is 3.09. The number of carboxylic acids is 1. The highest BCUT2D eigenvalue weighted by atomic mass is 32.2. The van der Waals surface area contributed by atoms with Crippen LogP contribution in [-0.2, 0) is 9.84 Å². The second kappa shape index (κ2) is 6.41. The van der Waals surface area contributed by atoms with Gasteiger partial charge >= 0.3 is 5.97 Å². The average Bonchev–Trinajstić information content (AvgIpc) is 3.12. The zero-order valence-electron chi connectivity index (χ0n) is 15.2. The van der Waals surface area contributed by atoms with Crippen molar-refractivity contribution >= 4 is 32.4 Å². The van der Waals surface area contributed by atoms with E-state index in [1.807, 2.05) is 0 Å². The van der Waals surface area contributed by atoms with Gasteiger partial charge in [-0.25, -0.2) is 13.2 Å². The third kappa shape index (κ3) is 2.83. The molecule has 29 heavy (non-hydrogen) atoms. The van der Waals surface area contributed by atoms with E-state index in [0.717, 1.165) is 0 Å². The summed E-state index contributed by atoms with van der Waals surface area (Å²) in [6, 6.07) is 8.33. The molecule has 4 aromatic rings. The highest BCUT2D eigenvalue weighted by Gasteiger charge is 2.28. The molecule has 0 bridgehead atoms. The van der Waals surface area contributed by atoms with Crippen molar-refractivity contribution < 1.29 is 23.1 Å². The van der Waals surface area contributed by atoms with Gasteiger partial charge < -0.3 is 14.8 Å². The Kier molecular flexibility index (Phi) is 4.12. The molecule has 148 valence electrons. The number of rotatable bonds is 4. The zero-order valence-corrected chi connectivity index (χ0v) is 16.0. The Labute approximate surface area is 163 Å². The molecule has 0 fully saturated rings. The molecule has 0 unspecified atom stereocenters. The van der Waals surface area contributed by atoms with Crippen molar-refractivity contribution in [2.24, 2.45) is 0 Å². The van der Waals surface area contributed by atoms with Crippen molar-refractivity contribution in [1.29, 1.82) is 0 Å². The number of fused-ring (bicyclic) bond motifs is 3. The van der Waals surface area contributed by atoms with Crippen LogP contribution in [0.15, 0.2) is 51.1 Å². The molecule has 0 aliphatic heterocycles. The average molecular weight is 414 g/mol. The van der Waals surface area contributed by atoms with Crippen LogP contribution in [0.5, 0.6) is 5.75 Å². The van der Waals surface area contributed by atoms with E-state index < -0.39 is 26.4 Å². The van der Waals surface area contributed by atoms with Crippen LogP contribution in [0.4, 0.5) is 0 Å². The van der Waals surface area contributed by atoms with Gasteiger partial charge in [0.1, 0.15) is 5.75 Å². The molecule has 0 spiro atoms. The summed E-state index contributed by atoms with van der Waals surface area (Å²) in [5.41, 5.74) is -0.0871. The van der Waals surface area contributed by atoms with E-state index >= 15 is 0 Å². The number of carbonyl (C=O) groups is 1. The molecule has 2 aromatic heterocycles. The molecule has 0 amide bonds. The summed E-state index contributed by atoms with van der Waals surface area (Å²) in [5, 5.41) is 16.6. The first-order valence-electron chi connectivity index (χ1n) is 8.28. The third-order valence-corrected chi connectivity index (χ3v) is 6.34. The van der Waals surface area contributed by atoms with Crippen LogP contribution >= 0.6 is 0 Å². The lowest BCUT2D eigenvalue weighted by atomic mass is 10.1. The summed E-state index contributed by atoms with van der Waals surface area (Å²) in [6.07, 6.45) is 0. The van der Waals surface area contributed by atoms with Gasteiger partial charge in [-0.1, -0.05) is 5.21 Å². The second-order valence-corrected chi connectivity index (χ2v) is 8.11. The number of nitrogens with one attached hydrogen (secondary N) is 1. The molecule has 2 heterocycles. The molecule has 2 N–H and O–H groups in total. The molecule has 2 aromatic carbocycles. The second-order valence-electron chi connectivity index (χ2n) is 6.28. The number of aromatic carboxylic acids is 1. The van der Waals surface area contributed by atoms with E-state index in [0.29, 0.717) is 11.3 Å². The van der Waals surface area contributed by atoms with E-state index in [9.17, 15) is 18.0 Å². The molecule has 0 saturated heterocycles. The van der Waals surface area contributed by atoms with Gasteiger partial charge in [0.15, 0.2) is 5.65 Å². The van der Waals surface area contributed by atoms with Crippen molar-refractivity contribution in [2.75, 3.05) is 7.11 Å². The van der Waals surface area contributed by atoms with Gasteiger partial charge in [-0.3, -0.25) is 4.79 Å². The number of ether oxygens (including phenoxy) is 1. The van der Waals surface area contributed by atoms with Crippen LogP contribution in [0.1, 0.15) is 15.9 Å². The molecule has 0 atom stereocenters. The number of nitrogens with zero attached hydrogens (tertiary/aromatic N) is 3. The van der Waals surface area contributed by atoms with Gasteiger partial charge in [0.05, 0.1) is 28.5 Å². The Bertz CT molecular complexity index is 1470. The van der Waals surface area contributed by atoms with Crippen molar-refractivity contribution in [1.82, 2.24) is 19.8 Å². The lowest BCUT2D eigenvalue weighted by molar-refractivity contribution is 0.0696. The zero-order chi connectivity index (χ0) is 20.9. The minimum Gasteiger partial charge on any atom is -0.497 e. The monoisotopic (exact) mass is 414 g/mol. The maximum absolute atomic E-state index is 13.2. The van der Waals surface area contributed by atoms with Crippen molar-refractivity contribution in [2.45, 2.75) is 16.8 Å². The lowest BCUT2D eigenvalue weighted by Gasteiger charge is -2.07. The first-order chi connectivity index (χ1) is 13.7. The van der Waals surface area contributed by atoms with Gasteiger partial charge in [-0.15, -0.1) is 5.10 Å². The minimum atomic E-state index is -4.19. The number of benzene rings is 2. The highest BCUT2D eigenvalue weighted by molar-refractivity contribution is 7.91. The predicted molar refractivity (Wildman–Crippen MR) is 101 cm³/mol. The van der Waals surface area contributed by atoms with Crippen LogP contribution in [0.2, 0.25) is 0 Å². The summed E-state index contributed by atoms with van der Waals surface area (Å²) in [4.78, 5) is 26.0. The van der Waals surface area contributed by atoms with E-state index in [4.69, 9.17) is 9.84 Å². The predicted octanol–water partition coefficient (Wildman–Crippen LogP) is 1.42. The summed E-state index contributed by atoms with van der Waals surface area (Å²) in [7, 11) is -2.72. The fourth-order valence-corrected chi connectivity index (χ4v) is 4.57. The summed E-state index contributed by atoms with van der Waals surface area (Å²) in [6.45, 7) is 1.48. The molecule has 10 nitrogen and oxygen atoms in total. The number of aromatic amines is 1. The normalized spacial score (nSPS) is 11.8. The van der Waals surface area contributed by atoms with Crippen molar-refractivity contribution in [3.63, 3.8) is 0 Å². The maximum atomic E-state index is 13.2. The van der Waals surface area contributed by atoms with E-state index in [-0.39, 0.29) is 27.1 Å². The highest BCUT2D eigenvalue weighted by Crippen LogP contribution is 2.27. The Morgan fingerprint density at radius 2 is 1.97 bits per heavy atom. The van der Waals surface area contributed by atoms with E-state index in [1.54, 1.807) is 12.1 Å². The molecular weight excluding hydrogens is 400 g/mol. The largest absolute Gasteiger partial charge is 0.497 e. The number of hydrogen-bond acceptors (Lipinski definition) is 7. The van der Waals surface area contributed by atoms with Crippen molar-refractivity contribution in [3.05, 3.63) is 57.9 Å². The SMILES string of the molecule is COc1ccc2c(=O)[nH]c3c(S(=O)(=O)c4ccc(C(=O)O)cc4C)nnn3c2c1. The first-order valence-corrected chi connectivity index (χ1v) is 9.77. The van der Waals surface area contributed by atoms with Gasteiger partial charge in [0.25, 0.3) is 5.56 Å². The number of hydrogen-bond donors (Lipinski definition) is 2. The van der Waals surface area contributed by atoms with Crippen molar-refractivity contribution in [3.8, 4) is 5.75 Å².